The maximum absolute atomic E-state index is 14.4. The van der Waals surface area contributed by atoms with Gasteiger partial charge in [0.2, 0.25) is 17.4 Å². The summed E-state index contributed by atoms with van der Waals surface area (Å²) in [5.41, 5.74) is -0.435. The molecule has 0 bridgehead atoms. The van der Waals surface area contributed by atoms with E-state index < -0.39 is 51.9 Å². The van der Waals surface area contributed by atoms with Crippen molar-refractivity contribution in [2.75, 3.05) is 10.2 Å². The number of carbonyl (C=O) groups excluding carboxylic acids is 3. The van der Waals surface area contributed by atoms with E-state index in [-0.39, 0.29) is 29.1 Å². The van der Waals surface area contributed by atoms with Crippen LogP contribution in [0, 0.1) is 27.8 Å². The molecular formula is C26H20FN4O6+. The molecule has 37 heavy (non-hydrogen) atoms. The van der Waals surface area contributed by atoms with Crippen LogP contribution < -0.4 is 15.5 Å². The molecule has 1 spiro atoms. The molecule has 11 heteroatoms. The van der Waals surface area contributed by atoms with Crippen LogP contribution in [0.15, 0.2) is 66.7 Å². The quantitative estimate of drug-likeness (QED) is 0.280. The van der Waals surface area contributed by atoms with E-state index >= 15 is 0 Å². The lowest BCUT2D eigenvalue weighted by Crippen LogP contribution is -2.99. The summed E-state index contributed by atoms with van der Waals surface area (Å²) < 4.78 is 14.4. The highest BCUT2D eigenvalue weighted by molar-refractivity contribution is 6.25. The van der Waals surface area contributed by atoms with Crippen molar-refractivity contribution in [2.45, 2.75) is 18.0 Å². The Morgan fingerprint density at radius 3 is 2.54 bits per heavy atom. The number of anilines is 2. The summed E-state index contributed by atoms with van der Waals surface area (Å²) in [6.45, 7) is 0. The van der Waals surface area contributed by atoms with Crippen LogP contribution in [0.2, 0.25) is 0 Å². The van der Waals surface area contributed by atoms with Gasteiger partial charge >= 0.3 is 0 Å². The molecule has 0 radical (unpaired) electrons. The molecule has 4 atom stereocenters. The summed E-state index contributed by atoms with van der Waals surface area (Å²) in [5.74, 6) is -4.42. The number of aromatic hydroxyl groups is 1. The molecule has 6 rings (SSSR count). The molecule has 3 heterocycles. The summed E-state index contributed by atoms with van der Waals surface area (Å²) in [6.07, 6.45) is 0.281. The van der Waals surface area contributed by atoms with E-state index in [1.165, 1.54) is 48.5 Å². The fourth-order valence-corrected chi connectivity index (χ4v) is 6.03. The molecule has 4 N–H and O–H groups in total. The van der Waals surface area contributed by atoms with Gasteiger partial charge in [-0.2, -0.15) is 0 Å². The molecule has 3 aliphatic heterocycles. The molecule has 3 unspecified atom stereocenters. The molecule has 0 saturated carbocycles. The Hall–Kier alpha value is -4.64. The highest BCUT2D eigenvalue weighted by Gasteiger charge is 2.74. The molecule has 2 saturated heterocycles. The number of nitrogens with one attached hydrogen (secondary N) is 1. The number of hydrogen-bond donors (Lipinski definition) is 3. The van der Waals surface area contributed by atoms with Crippen LogP contribution in [0.5, 0.6) is 5.75 Å². The average Bonchev–Trinajstić information content (AvgIpc) is 3.45. The van der Waals surface area contributed by atoms with E-state index in [0.717, 1.165) is 16.5 Å². The van der Waals surface area contributed by atoms with Crippen LogP contribution in [0.3, 0.4) is 0 Å². The van der Waals surface area contributed by atoms with Crippen LogP contribution in [0.1, 0.15) is 11.1 Å². The molecule has 3 aromatic carbocycles. The van der Waals surface area contributed by atoms with Gasteiger partial charge in [0, 0.05) is 24.1 Å². The number of imide groups is 1. The minimum absolute atomic E-state index is 0.0370. The van der Waals surface area contributed by atoms with Gasteiger partial charge < -0.3 is 15.7 Å². The first kappa shape index (κ1) is 22.8. The number of benzene rings is 3. The van der Waals surface area contributed by atoms with Gasteiger partial charge in [-0.25, -0.2) is 9.29 Å². The van der Waals surface area contributed by atoms with Gasteiger partial charge in [0.15, 0.2) is 0 Å². The molecule has 10 nitrogen and oxygen atoms in total. The number of non-ortho nitro benzene ring substituents is 1. The summed E-state index contributed by atoms with van der Waals surface area (Å²) >= 11 is 0. The number of phenols is 1. The van der Waals surface area contributed by atoms with Gasteiger partial charge in [-0.1, -0.05) is 18.2 Å². The SMILES string of the molecule is O=C1C2C(Cc3ccc(O)cc3)[NH2+][C@]3(C(=O)Nc4ccc(F)cc43)C2C(=O)N1c1cccc([N+](=O)[O-])c1. The number of rotatable bonds is 4. The number of nitrogens with two attached hydrogens (primary N) is 1. The van der Waals surface area contributed by atoms with E-state index in [1.807, 2.05) is 0 Å². The number of quaternary nitrogens is 1. The Balaban J connectivity index is 1.49. The number of phenolic OH excluding ortho intramolecular Hbond substituents is 1. The monoisotopic (exact) mass is 503 g/mol. The first-order chi connectivity index (χ1) is 17.7. The second-order valence-electron chi connectivity index (χ2n) is 9.51. The molecule has 3 aromatic rings. The van der Waals surface area contributed by atoms with E-state index in [4.69, 9.17) is 0 Å². The van der Waals surface area contributed by atoms with Crippen LogP contribution in [0.25, 0.3) is 0 Å². The smallest absolute Gasteiger partial charge is 0.291 e. The number of nitro groups is 1. The van der Waals surface area contributed by atoms with Crippen LogP contribution in [-0.4, -0.2) is 33.8 Å². The zero-order chi connectivity index (χ0) is 26.1. The van der Waals surface area contributed by atoms with Crippen LogP contribution in [0.4, 0.5) is 21.5 Å². The fourth-order valence-electron chi connectivity index (χ4n) is 6.03. The maximum Gasteiger partial charge on any atom is 0.291 e. The van der Waals surface area contributed by atoms with Gasteiger partial charge in [-0.3, -0.25) is 24.5 Å². The van der Waals surface area contributed by atoms with Crippen LogP contribution >= 0.6 is 0 Å². The Morgan fingerprint density at radius 2 is 1.81 bits per heavy atom. The number of amides is 3. The lowest BCUT2D eigenvalue weighted by atomic mass is 9.76. The van der Waals surface area contributed by atoms with E-state index in [2.05, 4.69) is 5.32 Å². The zero-order valence-electron chi connectivity index (χ0n) is 19.1. The molecule has 186 valence electrons. The minimum Gasteiger partial charge on any atom is -0.508 e. The highest BCUT2D eigenvalue weighted by Crippen LogP contribution is 2.50. The number of fused-ring (bicyclic) bond motifs is 4. The molecule has 0 aromatic heterocycles. The van der Waals surface area contributed by atoms with Crippen molar-refractivity contribution in [3.63, 3.8) is 0 Å². The second-order valence-corrected chi connectivity index (χ2v) is 9.51. The number of carbonyl (C=O) groups is 3. The predicted octanol–water partition coefficient (Wildman–Crippen LogP) is 1.58. The van der Waals surface area contributed by atoms with E-state index in [1.54, 1.807) is 17.4 Å². The Bertz CT molecular complexity index is 1510. The van der Waals surface area contributed by atoms with Crippen molar-refractivity contribution >= 4 is 34.8 Å². The maximum atomic E-state index is 14.4. The van der Waals surface area contributed by atoms with Crippen molar-refractivity contribution in [1.82, 2.24) is 0 Å². The van der Waals surface area contributed by atoms with Crippen molar-refractivity contribution in [3.8, 4) is 5.75 Å². The third-order valence-corrected chi connectivity index (χ3v) is 7.54. The second kappa shape index (κ2) is 7.93. The summed E-state index contributed by atoms with van der Waals surface area (Å²) in [5, 5.41) is 25.4. The number of hydrogen-bond acceptors (Lipinski definition) is 6. The highest BCUT2D eigenvalue weighted by atomic mass is 19.1. The lowest BCUT2D eigenvalue weighted by Gasteiger charge is -2.26. The first-order valence-corrected chi connectivity index (χ1v) is 11.6. The largest absolute Gasteiger partial charge is 0.508 e. The summed E-state index contributed by atoms with van der Waals surface area (Å²) in [4.78, 5) is 52.9. The molecular weight excluding hydrogens is 483 g/mol. The number of nitro benzene ring substituents is 1. The first-order valence-electron chi connectivity index (χ1n) is 11.6. The summed E-state index contributed by atoms with van der Waals surface area (Å²) in [7, 11) is 0. The number of halogens is 1. The Labute approximate surface area is 208 Å². The molecule has 0 aliphatic carbocycles. The van der Waals surface area contributed by atoms with Crippen molar-refractivity contribution in [3.05, 3.63) is 93.8 Å². The van der Waals surface area contributed by atoms with Gasteiger partial charge in [0.25, 0.3) is 11.6 Å². The zero-order valence-corrected chi connectivity index (χ0v) is 19.1. The predicted molar refractivity (Wildman–Crippen MR) is 127 cm³/mol. The average molecular weight is 503 g/mol. The van der Waals surface area contributed by atoms with E-state index in [0.29, 0.717) is 5.69 Å². The third kappa shape index (κ3) is 3.24. The van der Waals surface area contributed by atoms with Crippen molar-refractivity contribution < 1.29 is 34.1 Å². The Morgan fingerprint density at radius 1 is 1.05 bits per heavy atom. The van der Waals surface area contributed by atoms with Gasteiger partial charge in [0.05, 0.1) is 16.3 Å². The Kier molecular flexibility index (Phi) is 4.89. The molecule has 3 amide bonds. The standard InChI is InChI=1S/C26H19FN4O6/c27-14-6-9-19-18(11-14)26(25(35)28-19)22-21(20(29-26)10-13-4-7-17(32)8-5-13)23(33)30(24(22)34)15-2-1-3-16(12-15)31(36)37/h1-9,11-12,20-22,29,32H,10H2,(H,28,35)/p+1/t20?,21?,22?,26-/m0/s1. The fraction of sp³-hybridized carbons (Fsp3) is 0.192. The lowest BCUT2D eigenvalue weighted by molar-refractivity contribution is -0.733. The topological polar surface area (TPSA) is 146 Å². The molecule has 2 fully saturated rings. The van der Waals surface area contributed by atoms with Crippen molar-refractivity contribution in [2.24, 2.45) is 11.8 Å². The van der Waals surface area contributed by atoms with Crippen molar-refractivity contribution in [1.29, 1.82) is 0 Å². The summed E-state index contributed by atoms with van der Waals surface area (Å²) in [6, 6.07) is 14.8. The third-order valence-electron chi connectivity index (χ3n) is 7.54. The molecule has 3 aliphatic rings. The van der Waals surface area contributed by atoms with E-state index in [9.17, 15) is 34.0 Å². The normalized spacial score (nSPS) is 25.9. The van der Waals surface area contributed by atoms with Crippen LogP contribution in [-0.2, 0) is 26.3 Å². The minimum atomic E-state index is -1.59. The van der Waals surface area contributed by atoms with Gasteiger partial charge in [0.1, 0.15) is 29.4 Å². The van der Waals surface area contributed by atoms with Gasteiger partial charge in [-0.05, 0) is 42.0 Å². The van der Waals surface area contributed by atoms with Gasteiger partial charge in [-0.15, -0.1) is 0 Å². The number of nitrogens with zero attached hydrogens (tertiary/aromatic N) is 2.